The van der Waals surface area contributed by atoms with Gasteiger partial charge in [-0.25, -0.2) is 4.79 Å². The number of anilines is 1. The molecule has 2 aromatic rings. The van der Waals surface area contributed by atoms with Crippen LogP contribution in [0.15, 0.2) is 34.1 Å². The number of pyridine rings is 1. The lowest BCUT2D eigenvalue weighted by molar-refractivity contribution is 0.257. The first-order chi connectivity index (χ1) is 13.0. The van der Waals surface area contributed by atoms with Crippen LogP contribution in [0.25, 0.3) is 0 Å². The number of nitrogens with one attached hydrogen (secondary N) is 2. The fourth-order valence-electron chi connectivity index (χ4n) is 4.16. The molecule has 0 bridgehead atoms. The van der Waals surface area contributed by atoms with Crippen molar-refractivity contribution in [1.29, 1.82) is 0 Å². The van der Waals surface area contributed by atoms with Gasteiger partial charge >= 0.3 is 6.03 Å². The molecule has 0 unspecified atom stereocenters. The number of carbonyl (C=O) groups excluding carboxylic acids is 1. The third-order valence-corrected chi connectivity index (χ3v) is 6.21. The second kappa shape index (κ2) is 7.43. The van der Waals surface area contributed by atoms with E-state index in [9.17, 15) is 9.59 Å². The number of benzene rings is 1. The number of fused-ring (bicyclic) bond motifs is 2. The van der Waals surface area contributed by atoms with E-state index in [1.165, 1.54) is 47.0 Å². The Labute approximate surface area is 163 Å². The summed E-state index contributed by atoms with van der Waals surface area (Å²) in [6.45, 7) is 3.93. The van der Waals surface area contributed by atoms with Gasteiger partial charge in [0.1, 0.15) is 0 Å². The van der Waals surface area contributed by atoms with E-state index in [4.69, 9.17) is 0 Å². The first-order valence-electron chi connectivity index (χ1n) is 9.65. The second-order valence-electron chi connectivity index (χ2n) is 7.60. The first kappa shape index (κ1) is 18.2. The predicted molar refractivity (Wildman–Crippen MR) is 110 cm³/mol. The average molecular weight is 384 g/mol. The van der Waals surface area contributed by atoms with E-state index >= 15 is 0 Å². The predicted octanol–water partition coefficient (Wildman–Crippen LogP) is 4.24. The minimum atomic E-state index is -0.211. The monoisotopic (exact) mass is 383 g/mol. The fourth-order valence-corrected chi connectivity index (χ4v) is 4.72. The van der Waals surface area contributed by atoms with Crippen molar-refractivity contribution < 1.29 is 4.79 Å². The Balaban J connectivity index is 1.48. The fraction of sp³-hybridized carbons (Fsp3) is 0.429. The van der Waals surface area contributed by atoms with Crippen LogP contribution in [0, 0.1) is 0 Å². The summed E-state index contributed by atoms with van der Waals surface area (Å²) in [6, 6.07) is 5.51. The van der Waals surface area contributed by atoms with Gasteiger partial charge in [0.05, 0.1) is 0 Å². The molecule has 1 aromatic carbocycles. The molecule has 1 aromatic heterocycles. The summed E-state index contributed by atoms with van der Waals surface area (Å²) in [7, 11) is 0. The van der Waals surface area contributed by atoms with Crippen LogP contribution in [0.4, 0.5) is 10.5 Å². The Morgan fingerprint density at radius 2 is 1.74 bits per heavy atom. The summed E-state index contributed by atoms with van der Waals surface area (Å²) in [4.78, 5) is 25.3. The molecule has 2 aliphatic rings. The second-order valence-corrected chi connectivity index (χ2v) is 8.48. The van der Waals surface area contributed by atoms with Gasteiger partial charge in [0.25, 0.3) is 5.56 Å². The quantitative estimate of drug-likeness (QED) is 0.777. The zero-order valence-corrected chi connectivity index (χ0v) is 16.6. The van der Waals surface area contributed by atoms with Crippen molar-refractivity contribution in [2.24, 2.45) is 0 Å². The lowest BCUT2D eigenvalue weighted by Crippen LogP contribution is -2.25. The highest BCUT2D eigenvalue weighted by molar-refractivity contribution is 7.98. The molecule has 0 aliphatic heterocycles. The molecular formula is C21H25N3O2S. The molecule has 27 heavy (non-hydrogen) atoms. The smallest absolute Gasteiger partial charge is 0.312 e. The maximum Gasteiger partial charge on any atom is 0.329 e. The number of amides is 2. The van der Waals surface area contributed by atoms with Crippen LogP contribution >= 0.6 is 11.9 Å². The topological polar surface area (TPSA) is 63.1 Å². The van der Waals surface area contributed by atoms with Crippen molar-refractivity contribution in [2.75, 3.05) is 5.32 Å². The number of urea groups is 1. The molecule has 2 aliphatic carbocycles. The number of carbonyl (C=O) groups is 1. The van der Waals surface area contributed by atoms with Crippen molar-refractivity contribution in [1.82, 2.24) is 9.29 Å². The lowest BCUT2D eigenvalue weighted by Gasteiger charge is -2.16. The SMILES string of the molecule is CC(C)n1cc(SNC(=O)Nc2c3c(cc4c2CCC4)CCC3)ccc1=O. The van der Waals surface area contributed by atoms with Crippen molar-refractivity contribution in [3.8, 4) is 0 Å². The zero-order chi connectivity index (χ0) is 19.0. The molecule has 0 fully saturated rings. The Hall–Kier alpha value is -2.21. The molecule has 2 N–H and O–H groups in total. The van der Waals surface area contributed by atoms with Crippen LogP contribution in [0.3, 0.4) is 0 Å². The zero-order valence-electron chi connectivity index (χ0n) is 15.8. The first-order valence-corrected chi connectivity index (χ1v) is 10.5. The number of aryl methyl sites for hydroxylation is 2. The van der Waals surface area contributed by atoms with Gasteiger partial charge in [-0.05, 0) is 92.6 Å². The van der Waals surface area contributed by atoms with Crippen molar-refractivity contribution in [3.05, 3.63) is 57.0 Å². The van der Waals surface area contributed by atoms with Crippen molar-refractivity contribution >= 4 is 23.7 Å². The van der Waals surface area contributed by atoms with Crippen LogP contribution < -0.4 is 15.6 Å². The minimum Gasteiger partial charge on any atom is -0.312 e. The van der Waals surface area contributed by atoms with Crippen molar-refractivity contribution in [2.45, 2.75) is 63.3 Å². The Morgan fingerprint density at radius 3 is 2.37 bits per heavy atom. The van der Waals surface area contributed by atoms with Gasteiger partial charge in [-0.1, -0.05) is 6.07 Å². The summed E-state index contributed by atoms with van der Waals surface area (Å²) >= 11 is 1.23. The normalized spacial score (nSPS) is 14.9. The van der Waals surface area contributed by atoms with E-state index in [-0.39, 0.29) is 17.6 Å². The van der Waals surface area contributed by atoms with Crippen LogP contribution in [0.1, 0.15) is 55.0 Å². The van der Waals surface area contributed by atoms with Gasteiger partial charge in [-0.3, -0.25) is 9.52 Å². The van der Waals surface area contributed by atoms with Crippen LogP contribution in [0.5, 0.6) is 0 Å². The van der Waals surface area contributed by atoms with Gasteiger partial charge in [0, 0.05) is 28.9 Å². The van der Waals surface area contributed by atoms with E-state index in [1.54, 1.807) is 22.9 Å². The molecule has 0 atom stereocenters. The van der Waals surface area contributed by atoms with Gasteiger partial charge in [-0.2, -0.15) is 0 Å². The standard InChI is InChI=1S/C21H25N3O2S/c1-13(2)24-12-16(9-10-19(24)25)27-23-21(26)22-20-17-7-3-5-14(17)11-15-6-4-8-18(15)20/h9-13H,3-8H2,1-2H3,(H2,22,23,26). The molecule has 5 nitrogen and oxygen atoms in total. The minimum absolute atomic E-state index is 0.0331. The number of hydrogen-bond acceptors (Lipinski definition) is 3. The molecule has 0 saturated carbocycles. The summed E-state index contributed by atoms with van der Waals surface area (Å²) in [5, 5.41) is 3.12. The number of rotatable bonds is 4. The number of aromatic nitrogens is 1. The molecular weight excluding hydrogens is 358 g/mol. The third kappa shape index (κ3) is 3.63. The molecule has 0 spiro atoms. The van der Waals surface area contributed by atoms with Gasteiger partial charge < -0.3 is 9.88 Å². The van der Waals surface area contributed by atoms with Crippen LogP contribution in [-0.2, 0) is 25.7 Å². The molecule has 6 heteroatoms. The maximum atomic E-state index is 12.6. The van der Waals surface area contributed by atoms with E-state index in [0.29, 0.717) is 0 Å². The highest BCUT2D eigenvalue weighted by atomic mass is 32.2. The third-order valence-electron chi connectivity index (χ3n) is 5.44. The van der Waals surface area contributed by atoms with E-state index in [1.807, 2.05) is 13.8 Å². The molecule has 2 amide bonds. The van der Waals surface area contributed by atoms with Gasteiger partial charge in [0.15, 0.2) is 0 Å². The number of nitrogens with zero attached hydrogens (tertiary/aromatic N) is 1. The maximum absolute atomic E-state index is 12.6. The van der Waals surface area contributed by atoms with Crippen LogP contribution in [0.2, 0.25) is 0 Å². The van der Waals surface area contributed by atoms with E-state index in [2.05, 4.69) is 16.1 Å². The largest absolute Gasteiger partial charge is 0.329 e. The van der Waals surface area contributed by atoms with E-state index in [0.717, 1.165) is 36.3 Å². The molecule has 142 valence electrons. The molecule has 0 radical (unpaired) electrons. The Morgan fingerprint density at radius 1 is 1.07 bits per heavy atom. The highest BCUT2D eigenvalue weighted by Gasteiger charge is 2.24. The Kier molecular flexibility index (Phi) is 5.00. The molecule has 0 saturated heterocycles. The number of hydrogen-bond donors (Lipinski definition) is 2. The highest BCUT2D eigenvalue weighted by Crippen LogP contribution is 2.38. The van der Waals surface area contributed by atoms with E-state index < -0.39 is 0 Å². The Bertz CT molecular complexity index is 917. The molecule has 4 rings (SSSR count). The van der Waals surface area contributed by atoms with Gasteiger partial charge in [0.2, 0.25) is 0 Å². The summed E-state index contributed by atoms with van der Waals surface area (Å²) in [6.07, 6.45) is 8.44. The van der Waals surface area contributed by atoms with Gasteiger partial charge in [-0.15, -0.1) is 0 Å². The average Bonchev–Trinajstić information content (AvgIpc) is 3.29. The van der Waals surface area contributed by atoms with Crippen molar-refractivity contribution in [3.63, 3.8) is 0 Å². The summed E-state index contributed by atoms with van der Waals surface area (Å²) in [5.74, 6) is 0. The lowest BCUT2D eigenvalue weighted by atomic mass is 9.99. The van der Waals surface area contributed by atoms with Crippen LogP contribution in [-0.4, -0.2) is 10.6 Å². The molecule has 1 heterocycles. The summed E-state index contributed by atoms with van der Waals surface area (Å²) in [5.41, 5.74) is 6.47. The summed E-state index contributed by atoms with van der Waals surface area (Å²) < 4.78 is 4.53.